The van der Waals surface area contributed by atoms with Crippen LogP contribution in [0.1, 0.15) is 26.2 Å². The minimum atomic E-state index is -0.843. The van der Waals surface area contributed by atoms with Crippen LogP contribution in [0, 0.1) is 0 Å². The summed E-state index contributed by atoms with van der Waals surface area (Å²) in [4.78, 5) is 23.4. The maximum atomic E-state index is 10.9. The number of carboxylic acids is 1. The second kappa shape index (κ2) is 7.23. The maximum absolute atomic E-state index is 10.9. The molecule has 0 rings (SSSR count). The van der Waals surface area contributed by atoms with Crippen molar-refractivity contribution in [2.45, 2.75) is 32.2 Å². The van der Waals surface area contributed by atoms with Crippen molar-refractivity contribution in [1.82, 2.24) is 4.90 Å². The fourth-order valence-corrected chi connectivity index (χ4v) is 1.33. The van der Waals surface area contributed by atoms with E-state index in [4.69, 9.17) is 5.11 Å². The first-order valence-corrected chi connectivity index (χ1v) is 5.02. The van der Waals surface area contributed by atoms with E-state index in [1.807, 2.05) is 6.92 Å². The number of carbonyl (C=O) groups excluding carboxylic acids is 1. The average Bonchev–Trinajstić information content (AvgIpc) is 2.21. The minimum absolute atomic E-state index is 0.223. The van der Waals surface area contributed by atoms with E-state index in [0.29, 0.717) is 13.0 Å². The molecule has 5 heteroatoms. The molecule has 0 heterocycles. The van der Waals surface area contributed by atoms with Gasteiger partial charge in [0, 0.05) is 6.54 Å². The van der Waals surface area contributed by atoms with Crippen LogP contribution in [0.15, 0.2) is 0 Å². The van der Waals surface area contributed by atoms with Crippen LogP contribution < -0.4 is 0 Å². The van der Waals surface area contributed by atoms with Crippen LogP contribution in [0.2, 0.25) is 0 Å². The van der Waals surface area contributed by atoms with E-state index < -0.39 is 12.0 Å². The summed E-state index contributed by atoms with van der Waals surface area (Å²) in [7, 11) is 3.03. The Morgan fingerprint density at radius 1 is 1.47 bits per heavy atom. The van der Waals surface area contributed by atoms with Gasteiger partial charge in [-0.2, -0.15) is 0 Å². The summed E-state index contributed by atoms with van der Waals surface area (Å²) < 4.78 is 4.49. The molecule has 0 saturated heterocycles. The molecule has 0 aromatic rings. The lowest BCUT2D eigenvalue weighted by atomic mass is 10.1. The molecule has 0 aliphatic heterocycles. The Morgan fingerprint density at radius 3 is 2.47 bits per heavy atom. The molecule has 0 bridgehead atoms. The average molecular weight is 217 g/mol. The van der Waals surface area contributed by atoms with Crippen molar-refractivity contribution < 1.29 is 19.4 Å². The number of rotatable bonds is 7. The largest absolute Gasteiger partial charge is 0.480 e. The SMILES string of the molecule is CCCC(C(=O)O)N(C)CCC(=O)OC. The number of nitrogens with zero attached hydrogens (tertiary/aromatic N) is 1. The zero-order valence-corrected chi connectivity index (χ0v) is 9.52. The third-order valence-electron chi connectivity index (χ3n) is 2.28. The van der Waals surface area contributed by atoms with E-state index in [1.165, 1.54) is 7.11 Å². The molecule has 0 saturated carbocycles. The summed E-state index contributed by atoms with van der Waals surface area (Å²) in [5, 5.41) is 8.94. The first-order valence-electron chi connectivity index (χ1n) is 5.02. The predicted octanol–water partition coefficient (Wildman–Crippen LogP) is 0.735. The first kappa shape index (κ1) is 13.9. The van der Waals surface area contributed by atoms with E-state index in [0.717, 1.165) is 6.42 Å². The van der Waals surface area contributed by atoms with Crippen molar-refractivity contribution in [2.75, 3.05) is 20.7 Å². The van der Waals surface area contributed by atoms with E-state index in [2.05, 4.69) is 4.74 Å². The number of hydrogen-bond acceptors (Lipinski definition) is 4. The highest BCUT2D eigenvalue weighted by molar-refractivity contribution is 5.73. The fourth-order valence-electron chi connectivity index (χ4n) is 1.33. The Bertz CT molecular complexity index is 217. The minimum Gasteiger partial charge on any atom is -0.480 e. The van der Waals surface area contributed by atoms with Crippen LogP contribution in [0.3, 0.4) is 0 Å². The number of hydrogen-bond donors (Lipinski definition) is 1. The number of methoxy groups -OCH3 is 1. The van der Waals surface area contributed by atoms with Crippen molar-refractivity contribution in [2.24, 2.45) is 0 Å². The summed E-state index contributed by atoms with van der Waals surface area (Å²) >= 11 is 0. The molecular weight excluding hydrogens is 198 g/mol. The van der Waals surface area contributed by atoms with E-state index >= 15 is 0 Å². The van der Waals surface area contributed by atoms with Gasteiger partial charge >= 0.3 is 11.9 Å². The monoisotopic (exact) mass is 217 g/mol. The third kappa shape index (κ3) is 5.37. The summed E-state index contributed by atoms with van der Waals surface area (Å²) in [5.74, 6) is -1.16. The molecule has 0 aromatic heterocycles. The molecule has 88 valence electrons. The van der Waals surface area contributed by atoms with Gasteiger partial charge in [0.2, 0.25) is 0 Å². The molecule has 0 radical (unpaired) electrons. The molecule has 1 atom stereocenters. The number of carbonyl (C=O) groups is 2. The van der Waals surface area contributed by atoms with Crippen LogP contribution in [-0.4, -0.2) is 48.7 Å². The van der Waals surface area contributed by atoms with Gasteiger partial charge in [-0.25, -0.2) is 0 Å². The van der Waals surface area contributed by atoms with Gasteiger partial charge in [0.15, 0.2) is 0 Å². The Labute approximate surface area is 90.0 Å². The molecule has 15 heavy (non-hydrogen) atoms. The Hall–Kier alpha value is -1.10. The highest BCUT2D eigenvalue weighted by Gasteiger charge is 2.21. The first-order chi connectivity index (χ1) is 7.02. The van der Waals surface area contributed by atoms with Crippen molar-refractivity contribution in [1.29, 1.82) is 0 Å². The highest BCUT2D eigenvalue weighted by Crippen LogP contribution is 2.06. The van der Waals surface area contributed by atoms with Gasteiger partial charge in [-0.1, -0.05) is 13.3 Å². The number of aliphatic carboxylic acids is 1. The Kier molecular flexibility index (Phi) is 6.70. The van der Waals surface area contributed by atoms with Crippen LogP contribution >= 0.6 is 0 Å². The smallest absolute Gasteiger partial charge is 0.320 e. The van der Waals surface area contributed by atoms with Gasteiger partial charge in [0.1, 0.15) is 6.04 Å². The second-order valence-corrected chi connectivity index (χ2v) is 3.45. The molecule has 0 amide bonds. The zero-order valence-electron chi connectivity index (χ0n) is 9.52. The van der Waals surface area contributed by atoms with Crippen LogP contribution in [-0.2, 0) is 14.3 Å². The number of esters is 1. The van der Waals surface area contributed by atoms with Crippen LogP contribution in [0.5, 0.6) is 0 Å². The van der Waals surface area contributed by atoms with E-state index in [9.17, 15) is 9.59 Å². The summed E-state index contributed by atoms with van der Waals surface area (Å²) in [6.07, 6.45) is 1.62. The van der Waals surface area contributed by atoms with Gasteiger partial charge in [-0.3, -0.25) is 14.5 Å². The van der Waals surface area contributed by atoms with Gasteiger partial charge in [0.05, 0.1) is 13.5 Å². The number of ether oxygens (including phenoxy) is 1. The molecule has 1 N–H and O–H groups in total. The molecule has 0 fully saturated rings. The van der Waals surface area contributed by atoms with E-state index in [-0.39, 0.29) is 12.4 Å². The molecule has 0 aliphatic rings. The summed E-state index contributed by atoms with van der Waals surface area (Å²) in [6.45, 7) is 2.34. The Balaban J connectivity index is 4.07. The number of carboxylic acid groups (broad SMARTS) is 1. The topological polar surface area (TPSA) is 66.8 Å². The van der Waals surface area contributed by atoms with Crippen molar-refractivity contribution in [3.8, 4) is 0 Å². The van der Waals surface area contributed by atoms with Crippen LogP contribution in [0.25, 0.3) is 0 Å². The lowest BCUT2D eigenvalue weighted by Crippen LogP contribution is -2.39. The van der Waals surface area contributed by atoms with Gasteiger partial charge < -0.3 is 9.84 Å². The van der Waals surface area contributed by atoms with Gasteiger partial charge in [0.25, 0.3) is 0 Å². The standard InChI is InChI=1S/C10H19NO4/c1-4-5-8(10(13)14)11(2)7-6-9(12)15-3/h8H,4-7H2,1-3H3,(H,13,14). The summed E-state index contributed by atoms with van der Waals surface area (Å²) in [6, 6.07) is -0.514. The van der Waals surface area contributed by atoms with Crippen molar-refractivity contribution >= 4 is 11.9 Å². The lowest BCUT2D eigenvalue weighted by Gasteiger charge is -2.23. The quantitative estimate of drug-likeness (QED) is 0.637. The zero-order chi connectivity index (χ0) is 11.8. The Morgan fingerprint density at radius 2 is 2.07 bits per heavy atom. The van der Waals surface area contributed by atoms with E-state index in [1.54, 1.807) is 11.9 Å². The van der Waals surface area contributed by atoms with Crippen molar-refractivity contribution in [3.05, 3.63) is 0 Å². The molecule has 1 unspecified atom stereocenters. The molecule has 0 aromatic carbocycles. The lowest BCUT2D eigenvalue weighted by molar-refractivity contribution is -0.145. The molecule has 5 nitrogen and oxygen atoms in total. The molecule has 0 aliphatic carbocycles. The van der Waals surface area contributed by atoms with Gasteiger partial charge in [-0.05, 0) is 13.5 Å². The second-order valence-electron chi connectivity index (χ2n) is 3.45. The third-order valence-corrected chi connectivity index (χ3v) is 2.28. The summed E-state index contributed by atoms with van der Waals surface area (Å²) in [5.41, 5.74) is 0. The molecular formula is C10H19NO4. The number of likely N-dealkylation sites (N-methyl/N-ethyl adjacent to an activating group) is 1. The highest BCUT2D eigenvalue weighted by atomic mass is 16.5. The maximum Gasteiger partial charge on any atom is 0.320 e. The predicted molar refractivity (Wildman–Crippen MR) is 55.6 cm³/mol. The fraction of sp³-hybridized carbons (Fsp3) is 0.800. The molecule has 0 spiro atoms. The normalized spacial score (nSPS) is 12.5. The van der Waals surface area contributed by atoms with Gasteiger partial charge in [-0.15, -0.1) is 0 Å². The van der Waals surface area contributed by atoms with Crippen LogP contribution in [0.4, 0.5) is 0 Å². The van der Waals surface area contributed by atoms with Crippen molar-refractivity contribution in [3.63, 3.8) is 0 Å².